The summed E-state index contributed by atoms with van der Waals surface area (Å²) in [6.45, 7) is 3.85. The van der Waals surface area contributed by atoms with Gasteiger partial charge in [-0.25, -0.2) is 4.79 Å². The van der Waals surface area contributed by atoms with Crippen molar-refractivity contribution in [1.29, 1.82) is 0 Å². The molecule has 0 unspecified atom stereocenters. The molecule has 1 aromatic heterocycles. The van der Waals surface area contributed by atoms with Crippen molar-refractivity contribution in [1.82, 2.24) is 9.55 Å². The van der Waals surface area contributed by atoms with Crippen molar-refractivity contribution in [3.8, 4) is 0 Å². The van der Waals surface area contributed by atoms with Crippen molar-refractivity contribution in [3.05, 3.63) is 28.4 Å². The predicted molar refractivity (Wildman–Crippen MR) is 62.6 cm³/mol. The number of aliphatic hydroxyl groups is 1. The van der Waals surface area contributed by atoms with Gasteiger partial charge in [-0.1, -0.05) is 13.3 Å². The molecule has 0 bridgehead atoms. The average Bonchev–Trinajstić information content (AvgIpc) is 2.72. The van der Waals surface area contributed by atoms with Gasteiger partial charge >= 0.3 is 5.69 Å². The van der Waals surface area contributed by atoms with Crippen molar-refractivity contribution in [2.75, 3.05) is 6.61 Å². The number of aliphatic hydroxyl groups excluding tert-OH is 1. The van der Waals surface area contributed by atoms with Gasteiger partial charge in [-0.15, -0.1) is 0 Å². The number of hydrogen-bond donors (Lipinski definition) is 1. The number of aromatic nitrogens is 2. The van der Waals surface area contributed by atoms with Crippen LogP contribution in [0.2, 0.25) is 0 Å². The largest absolute Gasteiger partial charge is 0.394 e. The highest BCUT2D eigenvalue weighted by molar-refractivity contribution is 4.97. The van der Waals surface area contributed by atoms with Crippen molar-refractivity contribution in [2.45, 2.75) is 39.0 Å². The van der Waals surface area contributed by atoms with E-state index in [0.29, 0.717) is 11.6 Å². The highest BCUT2D eigenvalue weighted by Gasteiger charge is 2.34. The normalized spacial score (nSPS) is 28.5. The lowest BCUT2D eigenvalue weighted by Gasteiger charge is -2.14. The molecule has 17 heavy (non-hydrogen) atoms. The number of hydrogen-bond acceptors (Lipinski definition) is 4. The first-order valence-corrected chi connectivity index (χ1v) is 5.97. The monoisotopic (exact) mass is 238 g/mol. The van der Waals surface area contributed by atoms with Gasteiger partial charge in [-0.3, -0.25) is 4.57 Å². The maximum absolute atomic E-state index is 11.7. The Labute approximate surface area is 100 Å². The molecule has 1 fully saturated rings. The summed E-state index contributed by atoms with van der Waals surface area (Å²) in [6, 6.07) is 1.79. The van der Waals surface area contributed by atoms with E-state index in [1.165, 1.54) is 4.57 Å². The third kappa shape index (κ3) is 2.40. The van der Waals surface area contributed by atoms with Crippen molar-refractivity contribution in [2.24, 2.45) is 5.92 Å². The van der Waals surface area contributed by atoms with E-state index in [0.717, 1.165) is 12.8 Å². The highest BCUT2D eigenvalue weighted by Crippen LogP contribution is 2.34. The highest BCUT2D eigenvalue weighted by atomic mass is 16.5. The molecule has 1 saturated heterocycles. The zero-order valence-electron chi connectivity index (χ0n) is 10.2. The number of ether oxygens (including phenoxy) is 1. The molecule has 1 aliphatic rings. The SMILES string of the molecule is CC[C@H]1C[C@H](n2ccc(C)nc2=O)O[C@@H]1CO. The maximum atomic E-state index is 11.7. The second-order valence-electron chi connectivity index (χ2n) is 4.47. The van der Waals surface area contributed by atoms with Gasteiger partial charge in [0.15, 0.2) is 0 Å². The summed E-state index contributed by atoms with van der Waals surface area (Å²) in [4.78, 5) is 15.6. The van der Waals surface area contributed by atoms with E-state index in [9.17, 15) is 9.90 Å². The van der Waals surface area contributed by atoms with Crippen molar-refractivity contribution < 1.29 is 9.84 Å². The Morgan fingerprint density at radius 2 is 2.41 bits per heavy atom. The fraction of sp³-hybridized carbons (Fsp3) is 0.667. The minimum Gasteiger partial charge on any atom is -0.394 e. The van der Waals surface area contributed by atoms with Gasteiger partial charge in [0.2, 0.25) is 0 Å². The summed E-state index contributed by atoms with van der Waals surface area (Å²) in [5, 5.41) is 9.22. The third-order valence-electron chi connectivity index (χ3n) is 3.35. The van der Waals surface area contributed by atoms with Crippen LogP contribution < -0.4 is 5.69 Å². The summed E-state index contributed by atoms with van der Waals surface area (Å²) < 4.78 is 7.20. The number of rotatable bonds is 3. The summed E-state index contributed by atoms with van der Waals surface area (Å²) in [5.41, 5.74) is 0.415. The van der Waals surface area contributed by atoms with E-state index in [1.807, 2.05) is 0 Å². The Balaban J connectivity index is 2.22. The first-order chi connectivity index (χ1) is 8.15. The lowest BCUT2D eigenvalue weighted by atomic mass is 9.98. The van der Waals surface area contributed by atoms with Gasteiger partial charge in [0.25, 0.3) is 0 Å². The quantitative estimate of drug-likeness (QED) is 0.848. The molecule has 0 aliphatic carbocycles. The molecule has 1 N–H and O–H groups in total. The lowest BCUT2D eigenvalue weighted by molar-refractivity contribution is -0.0328. The fourth-order valence-corrected chi connectivity index (χ4v) is 2.30. The van der Waals surface area contributed by atoms with E-state index in [-0.39, 0.29) is 24.6 Å². The Bertz CT molecular complexity index is 432. The molecule has 0 aromatic carbocycles. The second kappa shape index (κ2) is 4.98. The Kier molecular flexibility index (Phi) is 3.59. The van der Waals surface area contributed by atoms with Crippen LogP contribution in [-0.2, 0) is 4.74 Å². The minimum atomic E-state index is -0.294. The molecule has 3 atom stereocenters. The van der Waals surface area contributed by atoms with Crippen LogP contribution in [0.1, 0.15) is 31.7 Å². The molecule has 1 aliphatic heterocycles. The molecule has 94 valence electrons. The van der Waals surface area contributed by atoms with E-state index in [1.54, 1.807) is 19.2 Å². The lowest BCUT2D eigenvalue weighted by Crippen LogP contribution is -2.27. The van der Waals surface area contributed by atoms with Crippen LogP contribution in [0.15, 0.2) is 17.1 Å². The van der Waals surface area contributed by atoms with Crippen LogP contribution in [-0.4, -0.2) is 27.4 Å². The van der Waals surface area contributed by atoms with Gasteiger partial charge in [-0.2, -0.15) is 4.98 Å². The van der Waals surface area contributed by atoms with E-state index < -0.39 is 0 Å². The minimum absolute atomic E-state index is 0.00302. The van der Waals surface area contributed by atoms with Crippen LogP contribution in [0.4, 0.5) is 0 Å². The summed E-state index contributed by atoms with van der Waals surface area (Å²) in [6.07, 6.45) is 2.94. The molecule has 0 amide bonds. The fourth-order valence-electron chi connectivity index (χ4n) is 2.30. The average molecular weight is 238 g/mol. The topological polar surface area (TPSA) is 64.4 Å². The second-order valence-corrected chi connectivity index (χ2v) is 4.47. The summed E-state index contributed by atoms with van der Waals surface area (Å²) in [7, 11) is 0. The molecular weight excluding hydrogens is 220 g/mol. The molecule has 2 rings (SSSR count). The van der Waals surface area contributed by atoms with Gasteiger partial charge in [0.05, 0.1) is 12.7 Å². The van der Waals surface area contributed by atoms with E-state index >= 15 is 0 Å². The van der Waals surface area contributed by atoms with Gasteiger partial charge < -0.3 is 9.84 Å². The maximum Gasteiger partial charge on any atom is 0.349 e. The molecule has 1 aromatic rings. The number of aryl methyl sites for hydroxylation is 1. The Morgan fingerprint density at radius 1 is 1.65 bits per heavy atom. The molecule has 0 spiro atoms. The van der Waals surface area contributed by atoms with E-state index in [2.05, 4.69) is 11.9 Å². The Morgan fingerprint density at radius 3 is 2.94 bits per heavy atom. The molecular formula is C12H18N2O3. The Hall–Kier alpha value is -1.20. The standard InChI is InChI=1S/C12H18N2O3/c1-3-9-6-11(17-10(9)7-15)14-5-4-8(2)13-12(14)16/h4-5,9-11,15H,3,6-7H2,1-2H3/t9-,10+,11+/m0/s1. The van der Waals surface area contributed by atoms with Crippen molar-refractivity contribution >= 4 is 0 Å². The van der Waals surface area contributed by atoms with Crippen molar-refractivity contribution in [3.63, 3.8) is 0 Å². The molecule has 5 nitrogen and oxygen atoms in total. The zero-order valence-corrected chi connectivity index (χ0v) is 10.2. The molecule has 0 saturated carbocycles. The van der Waals surface area contributed by atoms with E-state index in [4.69, 9.17) is 4.74 Å². The molecule has 0 radical (unpaired) electrons. The van der Waals surface area contributed by atoms with Gasteiger partial charge in [0.1, 0.15) is 6.23 Å². The predicted octanol–water partition coefficient (Wildman–Crippen LogP) is 0.858. The zero-order chi connectivity index (χ0) is 12.4. The summed E-state index contributed by atoms with van der Waals surface area (Å²) >= 11 is 0. The van der Waals surface area contributed by atoms with Crippen LogP contribution in [0, 0.1) is 12.8 Å². The summed E-state index contributed by atoms with van der Waals surface area (Å²) in [5.74, 6) is 0.304. The smallest absolute Gasteiger partial charge is 0.349 e. The third-order valence-corrected chi connectivity index (χ3v) is 3.35. The van der Waals surface area contributed by atoms with Crippen LogP contribution >= 0.6 is 0 Å². The van der Waals surface area contributed by atoms with Gasteiger partial charge in [-0.05, 0) is 25.3 Å². The first-order valence-electron chi connectivity index (χ1n) is 5.97. The van der Waals surface area contributed by atoms with Gasteiger partial charge in [0, 0.05) is 11.9 Å². The van der Waals surface area contributed by atoms with Crippen LogP contribution in [0.3, 0.4) is 0 Å². The molecule has 2 heterocycles. The number of nitrogens with zero attached hydrogens (tertiary/aromatic N) is 2. The van der Waals surface area contributed by atoms with Crippen LogP contribution in [0.5, 0.6) is 0 Å². The van der Waals surface area contributed by atoms with Crippen LogP contribution in [0.25, 0.3) is 0 Å². The first kappa shape index (κ1) is 12.3. The molecule has 5 heteroatoms.